The summed E-state index contributed by atoms with van der Waals surface area (Å²) in [5.41, 5.74) is 2.62. The second-order valence-electron chi connectivity index (χ2n) is 7.50. The lowest BCUT2D eigenvalue weighted by molar-refractivity contribution is 0.0978. The minimum atomic E-state index is -0.467. The largest absolute Gasteiger partial charge is 0.494 e. The third kappa shape index (κ3) is 3.66. The fraction of sp³-hybridized carbons (Fsp3) is 0.318. The molecule has 0 saturated carbocycles. The second kappa shape index (κ2) is 8.08. The van der Waals surface area contributed by atoms with E-state index < -0.39 is 5.78 Å². The Balaban J connectivity index is 1.64. The fourth-order valence-electron chi connectivity index (χ4n) is 3.66. The Labute approximate surface area is 180 Å². The molecule has 1 fully saturated rings. The molecule has 1 aliphatic heterocycles. The molecule has 7 nitrogen and oxygen atoms in total. The molecule has 1 N–H and O–H groups in total. The van der Waals surface area contributed by atoms with Crippen molar-refractivity contribution in [3.63, 3.8) is 0 Å². The summed E-state index contributed by atoms with van der Waals surface area (Å²) in [6.07, 6.45) is 0. The van der Waals surface area contributed by atoms with E-state index in [2.05, 4.69) is 27.1 Å². The van der Waals surface area contributed by atoms with Gasteiger partial charge in [-0.15, -0.1) is 0 Å². The molecule has 0 amide bonds. The van der Waals surface area contributed by atoms with Gasteiger partial charge in [0.1, 0.15) is 22.2 Å². The zero-order valence-corrected chi connectivity index (χ0v) is 17.9. The number of carbonyl (C=O) groups excluding carboxylic acids is 2. The van der Waals surface area contributed by atoms with Gasteiger partial charge in [0.25, 0.3) is 0 Å². The number of halogens is 1. The number of hydrogen-bond acceptors (Lipinski definition) is 7. The summed E-state index contributed by atoms with van der Waals surface area (Å²) < 4.78 is 5.55. The quantitative estimate of drug-likeness (QED) is 0.805. The standard InChI is InChI=1S/C22H23ClN4O3/c1-13-4-6-15-19(24-13)22(29)18(23)20(21(15)28)25-16-7-5-14(12-17(16)30-3)27-10-8-26(2)9-11-27/h4-7,12,25H,8-11H2,1-3H3. The van der Waals surface area contributed by atoms with Crippen molar-refractivity contribution in [2.24, 2.45) is 0 Å². The molecule has 2 aliphatic rings. The van der Waals surface area contributed by atoms with Gasteiger partial charge in [0.05, 0.1) is 18.4 Å². The lowest BCUT2D eigenvalue weighted by Gasteiger charge is -2.34. The number of nitrogens with one attached hydrogen (secondary N) is 1. The predicted molar refractivity (Wildman–Crippen MR) is 117 cm³/mol. The van der Waals surface area contributed by atoms with Crippen LogP contribution in [0.5, 0.6) is 5.75 Å². The number of pyridine rings is 1. The van der Waals surface area contributed by atoms with Crippen molar-refractivity contribution < 1.29 is 14.3 Å². The van der Waals surface area contributed by atoms with Crippen LogP contribution in [0.3, 0.4) is 0 Å². The van der Waals surface area contributed by atoms with Gasteiger partial charge in [0.15, 0.2) is 0 Å². The van der Waals surface area contributed by atoms with E-state index in [0.29, 0.717) is 17.1 Å². The predicted octanol–water partition coefficient (Wildman–Crippen LogP) is 3.09. The summed E-state index contributed by atoms with van der Waals surface area (Å²) in [6.45, 7) is 5.61. The van der Waals surface area contributed by atoms with Crippen molar-refractivity contribution in [2.45, 2.75) is 6.92 Å². The Morgan fingerprint density at radius 1 is 1.07 bits per heavy atom. The molecule has 2 heterocycles. The number of piperazine rings is 1. The van der Waals surface area contributed by atoms with Crippen LogP contribution >= 0.6 is 11.6 Å². The lowest BCUT2D eigenvalue weighted by Crippen LogP contribution is -2.44. The van der Waals surface area contributed by atoms with Gasteiger partial charge in [-0.1, -0.05) is 11.6 Å². The zero-order valence-electron chi connectivity index (χ0n) is 17.2. The maximum Gasteiger partial charge on any atom is 0.225 e. The van der Waals surface area contributed by atoms with E-state index in [4.69, 9.17) is 16.3 Å². The van der Waals surface area contributed by atoms with Gasteiger partial charge in [-0.25, -0.2) is 4.98 Å². The number of ether oxygens (including phenoxy) is 1. The smallest absolute Gasteiger partial charge is 0.225 e. The van der Waals surface area contributed by atoms with Crippen molar-refractivity contribution in [3.8, 4) is 5.75 Å². The molecule has 1 aromatic heterocycles. The number of anilines is 2. The van der Waals surface area contributed by atoms with Gasteiger partial charge in [-0.05, 0) is 38.2 Å². The van der Waals surface area contributed by atoms with Crippen LogP contribution in [0, 0.1) is 6.92 Å². The van der Waals surface area contributed by atoms with E-state index >= 15 is 0 Å². The number of rotatable bonds is 4. The van der Waals surface area contributed by atoms with E-state index in [0.717, 1.165) is 31.9 Å². The summed E-state index contributed by atoms with van der Waals surface area (Å²) in [5, 5.41) is 2.85. The number of ketones is 2. The summed E-state index contributed by atoms with van der Waals surface area (Å²) in [4.78, 5) is 34.4. The van der Waals surface area contributed by atoms with Crippen LogP contribution in [-0.2, 0) is 0 Å². The zero-order chi connectivity index (χ0) is 21.4. The number of aromatic nitrogens is 1. The monoisotopic (exact) mass is 426 g/mol. The molecule has 0 spiro atoms. The summed E-state index contributed by atoms with van der Waals surface area (Å²) >= 11 is 6.27. The van der Waals surface area contributed by atoms with Crippen LogP contribution in [-0.4, -0.2) is 61.8 Å². The Bertz CT molecular complexity index is 1060. The third-order valence-corrected chi connectivity index (χ3v) is 5.81. The molecular weight excluding hydrogens is 404 g/mol. The van der Waals surface area contributed by atoms with E-state index in [1.165, 1.54) is 0 Å². The first-order valence-electron chi connectivity index (χ1n) is 9.74. The van der Waals surface area contributed by atoms with Gasteiger partial charge in [-0.3, -0.25) is 9.59 Å². The number of aryl methyl sites for hydroxylation is 1. The summed E-state index contributed by atoms with van der Waals surface area (Å²) in [5.74, 6) is -0.269. The molecule has 2 aromatic rings. The number of hydrogen-bond donors (Lipinski definition) is 1. The molecule has 1 aliphatic carbocycles. The maximum absolute atomic E-state index is 13.0. The minimum Gasteiger partial charge on any atom is -0.494 e. The molecule has 8 heteroatoms. The van der Waals surface area contributed by atoms with Crippen molar-refractivity contribution in [2.75, 3.05) is 50.6 Å². The molecule has 1 aromatic carbocycles. The van der Waals surface area contributed by atoms with Gasteiger partial charge < -0.3 is 19.9 Å². The Morgan fingerprint density at radius 3 is 2.50 bits per heavy atom. The highest BCUT2D eigenvalue weighted by molar-refractivity contribution is 6.50. The van der Waals surface area contributed by atoms with Crippen LogP contribution in [0.2, 0.25) is 0 Å². The number of carbonyl (C=O) groups is 2. The third-order valence-electron chi connectivity index (χ3n) is 5.45. The molecule has 4 rings (SSSR count). The first-order valence-corrected chi connectivity index (χ1v) is 10.1. The summed E-state index contributed by atoms with van der Waals surface area (Å²) in [6, 6.07) is 9.04. The lowest BCUT2D eigenvalue weighted by atomic mass is 9.96. The average Bonchev–Trinajstić information content (AvgIpc) is 2.75. The molecule has 1 saturated heterocycles. The number of methoxy groups -OCH3 is 1. The number of nitrogens with zero attached hydrogens (tertiary/aromatic N) is 3. The van der Waals surface area contributed by atoms with Crippen molar-refractivity contribution in [1.82, 2.24) is 9.88 Å². The second-order valence-corrected chi connectivity index (χ2v) is 7.87. The minimum absolute atomic E-state index is 0.0328. The van der Waals surface area contributed by atoms with Crippen LogP contribution in [0.15, 0.2) is 41.1 Å². The van der Waals surface area contributed by atoms with Crippen LogP contribution in [0.25, 0.3) is 0 Å². The molecule has 0 unspecified atom stereocenters. The first kappa shape index (κ1) is 20.4. The molecule has 0 atom stereocenters. The Morgan fingerprint density at radius 2 is 1.80 bits per heavy atom. The maximum atomic E-state index is 13.0. The van der Waals surface area contributed by atoms with Crippen molar-refractivity contribution in [3.05, 3.63) is 58.0 Å². The van der Waals surface area contributed by atoms with Crippen molar-refractivity contribution >= 4 is 34.5 Å². The highest BCUT2D eigenvalue weighted by Gasteiger charge is 2.33. The SMILES string of the molecule is COc1cc(N2CCN(C)CC2)ccc1NC1=C(Cl)C(=O)c2nc(C)ccc2C1=O. The Hall–Kier alpha value is -2.90. The summed E-state index contributed by atoms with van der Waals surface area (Å²) in [7, 11) is 3.68. The normalized spacial score (nSPS) is 17.3. The van der Waals surface area contributed by atoms with Gasteiger partial charge in [-0.2, -0.15) is 0 Å². The topological polar surface area (TPSA) is 74.8 Å². The highest BCUT2D eigenvalue weighted by atomic mass is 35.5. The number of Topliss-reactive ketones (excluding diaryl/α,β-unsaturated/α-hetero) is 2. The average molecular weight is 427 g/mol. The Kier molecular flexibility index (Phi) is 5.49. The van der Waals surface area contributed by atoms with E-state index in [1.54, 1.807) is 26.2 Å². The van der Waals surface area contributed by atoms with E-state index in [9.17, 15) is 9.59 Å². The van der Waals surface area contributed by atoms with Gasteiger partial charge in [0, 0.05) is 43.6 Å². The van der Waals surface area contributed by atoms with Crippen molar-refractivity contribution in [1.29, 1.82) is 0 Å². The number of benzene rings is 1. The van der Waals surface area contributed by atoms with Gasteiger partial charge in [0.2, 0.25) is 11.6 Å². The van der Waals surface area contributed by atoms with Crippen LogP contribution in [0.4, 0.5) is 11.4 Å². The highest BCUT2D eigenvalue weighted by Crippen LogP contribution is 2.34. The molecule has 30 heavy (non-hydrogen) atoms. The molecule has 156 valence electrons. The molecule has 0 radical (unpaired) electrons. The van der Waals surface area contributed by atoms with Crippen LogP contribution in [0.1, 0.15) is 26.5 Å². The first-order chi connectivity index (χ1) is 14.4. The molecule has 0 bridgehead atoms. The number of likely N-dealkylation sites (N-methyl/N-ethyl adjacent to an activating group) is 1. The number of allylic oxidation sites excluding steroid dienone is 2. The fourth-order valence-corrected chi connectivity index (χ4v) is 3.88. The molecular formula is C22H23ClN4O3. The van der Waals surface area contributed by atoms with E-state index in [-0.39, 0.29) is 27.8 Å². The van der Waals surface area contributed by atoms with Crippen LogP contribution < -0.4 is 15.0 Å². The number of fused-ring (bicyclic) bond motifs is 1. The van der Waals surface area contributed by atoms with Gasteiger partial charge >= 0.3 is 0 Å². The van der Waals surface area contributed by atoms with E-state index in [1.807, 2.05) is 18.2 Å².